The van der Waals surface area contributed by atoms with Crippen LogP contribution in [-0.2, 0) is 4.79 Å². The van der Waals surface area contributed by atoms with Crippen LogP contribution in [-0.4, -0.2) is 40.0 Å². The molecular formula is C16H16N2O4. The lowest BCUT2D eigenvalue weighted by atomic mass is 9.89. The molecule has 0 aliphatic carbocycles. The van der Waals surface area contributed by atoms with Gasteiger partial charge in [0.05, 0.1) is 5.92 Å². The van der Waals surface area contributed by atoms with Gasteiger partial charge in [0.1, 0.15) is 5.76 Å². The van der Waals surface area contributed by atoms with Gasteiger partial charge in [0, 0.05) is 19.0 Å². The summed E-state index contributed by atoms with van der Waals surface area (Å²) in [5.41, 5.74) is 1.18. The van der Waals surface area contributed by atoms with E-state index >= 15 is 0 Å². The number of nitrogens with zero attached hydrogens (tertiary/aromatic N) is 2. The molecule has 1 fully saturated rings. The van der Waals surface area contributed by atoms with Crippen molar-refractivity contribution in [2.45, 2.75) is 12.8 Å². The van der Waals surface area contributed by atoms with Crippen LogP contribution >= 0.6 is 0 Å². The van der Waals surface area contributed by atoms with E-state index in [1.165, 1.54) is 6.39 Å². The predicted molar refractivity (Wildman–Crippen MR) is 77.5 cm³/mol. The van der Waals surface area contributed by atoms with Crippen LogP contribution in [0.3, 0.4) is 0 Å². The average Bonchev–Trinajstić information content (AvgIpc) is 3.14. The molecule has 1 aliphatic heterocycles. The molecule has 3 rings (SSSR count). The van der Waals surface area contributed by atoms with E-state index < -0.39 is 11.9 Å². The van der Waals surface area contributed by atoms with Crippen LogP contribution in [0, 0.1) is 12.8 Å². The normalized spacial score (nSPS) is 21.0. The van der Waals surface area contributed by atoms with Crippen LogP contribution in [0.4, 0.5) is 0 Å². The number of aryl methyl sites for hydroxylation is 1. The van der Waals surface area contributed by atoms with Crippen LogP contribution in [0.15, 0.2) is 41.1 Å². The first-order valence-electron chi connectivity index (χ1n) is 7.05. The second-order valence-electron chi connectivity index (χ2n) is 5.43. The molecule has 1 aromatic heterocycles. The Kier molecular flexibility index (Phi) is 3.66. The molecule has 2 aromatic rings. The summed E-state index contributed by atoms with van der Waals surface area (Å²) >= 11 is 0. The summed E-state index contributed by atoms with van der Waals surface area (Å²) < 4.78 is 5.06. The molecule has 6 heteroatoms. The highest BCUT2D eigenvalue weighted by atomic mass is 16.4. The van der Waals surface area contributed by atoms with Crippen LogP contribution in [0.2, 0.25) is 0 Å². The quantitative estimate of drug-likeness (QED) is 0.936. The maximum atomic E-state index is 12.5. The summed E-state index contributed by atoms with van der Waals surface area (Å²) in [4.78, 5) is 29.5. The minimum atomic E-state index is -0.888. The standard InChI is InChI=1S/C16H16N2O4/c1-10-14(17-9-22-10)15(19)18-7-12(13(8-18)16(20)21)11-5-3-2-4-6-11/h2-6,9,12-13H,7-8H2,1H3,(H,20,21). The summed E-state index contributed by atoms with van der Waals surface area (Å²) in [6.07, 6.45) is 1.22. The molecule has 2 unspecified atom stereocenters. The molecule has 0 radical (unpaired) electrons. The molecule has 1 saturated heterocycles. The average molecular weight is 300 g/mol. The Morgan fingerprint density at radius 2 is 2.00 bits per heavy atom. The van der Waals surface area contributed by atoms with E-state index in [9.17, 15) is 14.7 Å². The van der Waals surface area contributed by atoms with Gasteiger partial charge in [-0.15, -0.1) is 0 Å². The van der Waals surface area contributed by atoms with E-state index in [-0.39, 0.29) is 24.1 Å². The van der Waals surface area contributed by atoms with E-state index in [1.54, 1.807) is 11.8 Å². The Bertz CT molecular complexity index is 695. The second-order valence-corrected chi connectivity index (χ2v) is 5.43. The summed E-state index contributed by atoms with van der Waals surface area (Å²) in [5.74, 6) is -1.55. The number of benzene rings is 1. The Balaban J connectivity index is 1.86. The van der Waals surface area contributed by atoms with Crippen molar-refractivity contribution in [3.05, 3.63) is 53.7 Å². The highest BCUT2D eigenvalue weighted by Gasteiger charge is 2.41. The molecule has 114 valence electrons. The molecule has 22 heavy (non-hydrogen) atoms. The number of aliphatic carboxylic acids is 1. The second kappa shape index (κ2) is 5.63. The summed E-state index contributed by atoms with van der Waals surface area (Å²) in [5, 5.41) is 9.46. The molecule has 1 amide bonds. The number of oxazole rings is 1. The minimum Gasteiger partial charge on any atom is -0.481 e. The maximum Gasteiger partial charge on any atom is 0.308 e. The number of carbonyl (C=O) groups is 2. The number of aromatic nitrogens is 1. The van der Waals surface area contributed by atoms with Gasteiger partial charge in [-0.1, -0.05) is 30.3 Å². The number of hydrogen-bond acceptors (Lipinski definition) is 4. The zero-order chi connectivity index (χ0) is 15.7. The molecule has 2 atom stereocenters. The third-order valence-electron chi connectivity index (χ3n) is 4.10. The van der Waals surface area contributed by atoms with Gasteiger partial charge in [0.2, 0.25) is 0 Å². The van der Waals surface area contributed by atoms with Crippen LogP contribution in [0.1, 0.15) is 27.7 Å². The zero-order valence-corrected chi connectivity index (χ0v) is 12.1. The molecule has 0 bridgehead atoms. The van der Waals surface area contributed by atoms with Gasteiger partial charge >= 0.3 is 5.97 Å². The number of amides is 1. The molecule has 6 nitrogen and oxygen atoms in total. The van der Waals surface area contributed by atoms with Gasteiger partial charge in [-0.25, -0.2) is 4.98 Å². The number of hydrogen-bond donors (Lipinski definition) is 1. The Morgan fingerprint density at radius 1 is 1.27 bits per heavy atom. The largest absolute Gasteiger partial charge is 0.481 e. The van der Waals surface area contributed by atoms with Gasteiger partial charge in [-0.3, -0.25) is 9.59 Å². The van der Waals surface area contributed by atoms with Crippen molar-refractivity contribution in [3.8, 4) is 0 Å². The molecule has 2 heterocycles. The van der Waals surface area contributed by atoms with Gasteiger partial charge in [-0.2, -0.15) is 0 Å². The van der Waals surface area contributed by atoms with Crippen LogP contribution in [0.5, 0.6) is 0 Å². The topological polar surface area (TPSA) is 83.6 Å². The Hall–Kier alpha value is -2.63. The van der Waals surface area contributed by atoms with Crippen molar-refractivity contribution < 1.29 is 19.1 Å². The first kappa shape index (κ1) is 14.3. The zero-order valence-electron chi connectivity index (χ0n) is 12.1. The molecule has 1 aromatic carbocycles. The van der Waals surface area contributed by atoms with Crippen molar-refractivity contribution in [1.29, 1.82) is 0 Å². The molecule has 1 N–H and O–H groups in total. The molecular weight excluding hydrogens is 284 g/mol. The molecule has 1 aliphatic rings. The number of carboxylic acid groups (broad SMARTS) is 1. The predicted octanol–water partition coefficient (Wildman–Crippen LogP) is 1.92. The first-order valence-corrected chi connectivity index (χ1v) is 7.05. The molecule has 0 spiro atoms. The monoisotopic (exact) mass is 300 g/mol. The SMILES string of the molecule is Cc1ocnc1C(=O)N1CC(C(=O)O)C(c2ccccc2)C1. The number of likely N-dealkylation sites (tertiary alicyclic amines) is 1. The highest BCUT2D eigenvalue weighted by Crippen LogP contribution is 2.33. The van der Waals surface area contributed by atoms with Crippen molar-refractivity contribution in [3.63, 3.8) is 0 Å². The fourth-order valence-electron chi connectivity index (χ4n) is 2.92. The summed E-state index contributed by atoms with van der Waals surface area (Å²) in [6.45, 7) is 2.21. The lowest BCUT2D eigenvalue weighted by Gasteiger charge is -2.15. The number of carboxylic acids is 1. The Labute approximate surface area is 127 Å². The van der Waals surface area contributed by atoms with Crippen molar-refractivity contribution in [1.82, 2.24) is 9.88 Å². The van der Waals surface area contributed by atoms with E-state index in [4.69, 9.17) is 4.42 Å². The van der Waals surface area contributed by atoms with Crippen LogP contribution < -0.4 is 0 Å². The molecule has 0 saturated carbocycles. The van der Waals surface area contributed by atoms with E-state index in [0.29, 0.717) is 12.3 Å². The van der Waals surface area contributed by atoms with Crippen LogP contribution in [0.25, 0.3) is 0 Å². The van der Waals surface area contributed by atoms with Gasteiger partial charge in [0.15, 0.2) is 12.1 Å². The number of carbonyl (C=O) groups excluding carboxylic acids is 1. The van der Waals surface area contributed by atoms with Crippen molar-refractivity contribution >= 4 is 11.9 Å². The van der Waals surface area contributed by atoms with E-state index in [2.05, 4.69) is 4.98 Å². The van der Waals surface area contributed by atoms with E-state index in [0.717, 1.165) is 5.56 Å². The van der Waals surface area contributed by atoms with E-state index in [1.807, 2.05) is 30.3 Å². The van der Waals surface area contributed by atoms with Gasteiger partial charge in [-0.05, 0) is 12.5 Å². The smallest absolute Gasteiger partial charge is 0.308 e. The summed E-state index contributed by atoms with van der Waals surface area (Å²) in [6, 6.07) is 9.43. The van der Waals surface area contributed by atoms with Crippen molar-refractivity contribution in [2.24, 2.45) is 5.92 Å². The third-order valence-corrected chi connectivity index (χ3v) is 4.10. The fourth-order valence-corrected chi connectivity index (χ4v) is 2.92. The maximum absolute atomic E-state index is 12.5. The minimum absolute atomic E-state index is 0.181. The van der Waals surface area contributed by atoms with Gasteiger partial charge < -0.3 is 14.4 Å². The van der Waals surface area contributed by atoms with Gasteiger partial charge in [0.25, 0.3) is 5.91 Å². The lowest BCUT2D eigenvalue weighted by Crippen LogP contribution is -2.30. The van der Waals surface area contributed by atoms with Crippen molar-refractivity contribution in [2.75, 3.05) is 13.1 Å². The summed E-state index contributed by atoms with van der Waals surface area (Å²) in [7, 11) is 0. The number of rotatable bonds is 3. The lowest BCUT2D eigenvalue weighted by molar-refractivity contribution is -0.141. The highest BCUT2D eigenvalue weighted by molar-refractivity contribution is 5.94. The Morgan fingerprint density at radius 3 is 2.59 bits per heavy atom. The fraction of sp³-hybridized carbons (Fsp3) is 0.312. The third kappa shape index (κ3) is 2.47. The first-order chi connectivity index (χ1) is 10.6.